The molecule has 0 aromatic carbocycles. The summed E-state index contributed by atoms with van der Waals surface area (Å²) >= 11 is 3.19. The van der Waals surface area contributed by atoms with Crippen molar-refractivity contribution in [1.82, 2.24) is 9.55 Å². The summed E-state index contributed by atoms with van der Waals surface area (Å²) in [6.07, 6.45) is -0.227. The number of nitrogens with zero attached hydrogens (tertiary/aromatic N) is 2. The Morgan fingerprint density at radius 1 is 1.40 bits per heavy atom. The maximum atomic E-state index is 12.4. The Balaban J connectivity index is 2.19. The van der Waals surface area contributed by atoms with Crippen molar-refractivity contribution in [3.05, 3.63) is 47.0 Å². The Kier molecular flexibility index (Phi) is 4.12. The molecule has 106 valence electrons. The van der Waals surface area contributed by atoms with Gasteiger partial charge >= 0.3 is 6.18 Å². The SMILES string of the molecule is O=C(Nc1ccncc1Br)c1cccn1CC(F)(F)F. The fraction of sp³-hybridized carbons (Fsp3) is 0.167. The molecule has 0 spiro atoms. The first-order valence-electron chi connectivity index (χ1n) is 5.49. The molecule has 1 amide bonds. The molecule has 0 saturated heterocycles. The Morgan fingerprint density at radius 3 is 2.80 bits per heavy atom. The molecule has 8 heteroatoms. The highest BCUT2D eigenvalue weighted by atomic mass is 79.9. The highest BCUT2D eigenvalue weighted by molar-refractivity contribution is 9.10. The highest BCUT2D eigenvalue weighted by Gasteiger charge is 2.29. The average Bonchev–Trinajstić information content (AvgIpc) is 2.77. The lowest BCUT2D eigenvalue weighted by molar-refractivity contribution is -0.140. The minimum atomic E-state index is -4.38. The van der Waals surface area contributed by atoms with Crippen molar-refractivity contribution >= 4 is 27.5 Å². The van der Waals surface area contributed by atoms with Gasteiger partial charge in [0.2, 0.25) is 0 Å². The van der Waals surface area contributed by atoms with Crippen LogP contribution in [0.4, 0.5) is 18.9 Å². The second-order valence-electron chi connectivity index (χ2n) is 3.95. The summed E-state index contributed by atoms with van der Waals surface area (Å²) in [4.78, 5) is 15.8. The number of carbonyl (C=O) groups excluding carboxylic acids is 1. The van der Waals surface area contributed by atoms with Crippen LogP contribution in [0.5, 0.6) is 0 Å². The Hall–Kier alpha value is -1.83. The molecule has 2 aromatic heterocycles. The van der Waals surface area contributed by atoms with Gasteiger partial charge in [0, 0.05) is 18.6 Å². The largest absolute Gasteiger partial charge is 0.406 e. The summed E-state index contributed by atoms with van der Waals surface area (Å²) in [7, 11) is 0. The number of alkyl halides is 3. The van der Waals surface area contributed by atoms with Crippen LogP contribution in [0.15, 0.2) is 41.3 Å². The molecular weight excluding hydrogens is 339 g/mol. The van der Waals surface area contributed by atoms with Crippen molar-refractivity contribution in [3.8, 4) is 0 Å². The van der Waals surface area contributed by atoms with Crippen LogP contribution in [-0.2, 0) is 6.54 Å². The van der Waals surface area contributed by atoms with Gasteiger partial charge in [-0.1, -0.05) is 0 Å². The molecule has 0 unspecified atom stereocenters. The molecule has 0 atom stereocenters. The number of carbonyl (C=O) groups is 1. The topological polar surface area (TPSA) is 46.9 Å². The van der Waals surface area contributed by atoms with Crippen LogP contribution < -0.4 is 5.32 Å². The standard InChI is InChI=1S/C12H9BrF3N3O/c13-8-6-17-4-3-9(8)18-11(20)10-2-1-5-19(10)7-12(14,15)16/h1-6H,7H2,(H,17,18,20). The number of hydrogen-bond donors (Lipinski definition) is 1. The van der Waals surface area contributed by atoms with E-state index in [1.54, 1.807) is 6.07 Å². The monoisotopic (exact) mass is 347 g/mol. The minimum absolute atomic E-state index is 0.0639. The first kappa shape index (κ1) is 14.6. The summed E-state index contributed by atoms with van der Waals surface area (Å²) in [5.41, 5.74) is 0.371. The number of anilines is 1. The van der Waals surface area contributed by atoms with Gasteiger partial charge in [-0.15, -0.1) is 0 Å². The molecule has 2 aromatic rings. The van der Waals surface area contributed by atoms with Crippen LogP contribution >= 0.6 is 15.9 Å². The lowest BCUT2D eigenvalue weighted by Crippen LogP contribution is -2.23. The zero-order valence-electron chi connectivity index (χ0n) is 9.99. The first-order valence-corrected chi connectivity index (χ1v) is 6.29. The summed E-state index contributed by atoms with van der Waals surface area (Å²) in [5, 5.41) is 2.52. The van der Waals surface area contributed by atoms with E-state index in [0.717, 1.165) is 4.57 Å². The van der Waals surface area contributed by atoms with Gasteiger partial charge in [-0.05, 0) is 34.1 Å². The van der Waals surface area contributed by atoms with Crippen LogP contribution in [0.3, 0.4) is 0 Å². The second-order valence-corrected chi connectivity index (χ2v) is 4.80. The Labute approximate surface area is 120 Å². The van der Waals surface area contributed by atoms with Gasteiger partial charge in [0.1, 0.15) is 12.2 Å². The van der Waals surface area contributed by atoms with Crippen molar-refractivity contribution < 1.29 is 18.0 Å². The summed E-state index contributed by atoms with van der Waals surface area (Å²) in [5.74, 6) is -0.619. The second kappa shape index (κ2) is 5.66. The van der Waals surface area contributed by atoms with E-state index in [4.69, 9.17) is 0 Å². The predicted octanol–water partition coefficient (Wildman–Crippen LogP) is 3.46. The fourth-order valence-corrected chi connectivity index (χ4v) is 1.96. The molecule has 0 aliphatic rings. The third kappa shape index (κ3) is 3.60. The van der Waals surface area contributed by atoms with E-state index in [2.05, 4.69) is 26.2 Å². The molecule has 0 saturated carbocycles. The van der Waals surface area contributed by atoms with Crippen LogP contribution in [0, 0.1) is 0 Å². The maximum absolute atomic E-state index is 12.4. The molecule has 0 radical (unpaired) electrons. The highest BCUT2D eigenvalue weighted by Crippen LogP contribution is 2.22. The van der Waals surface area contributed by atoms with E-state index < -0.39 is 18.6 Å². The van der Waals surface area contributed by atoms with E-state index >= 15 is 0 Å². The summed E-state index contributed by atoms with van der Waals surface area (Å²) in [6.45, 7) is -1.21. The van der Waals surface area contributed by atoms with Gasteiger partial charge in [-0.2, -0.15) is 13.2 Å². The molecule has 0 aliphatic heterocycles. The zero-order valence-corrected chi connectivity index (χ0v) is 11.6. The van der Waals surface area contributed by atoms with E-state index in [1.165, 1.54) is 30.7 Å². The van der Waals surface area contributed by atoms with E-state index in [9.17, 15) is 18.0 Å². The van der Waals surface area contributed by atoms with Crippen molar-refractivity contribution in [2.45, 2.75) is 12.7 Å². The van der Waals surface area contributed by atoms with Gasteiger partial charge in [-0.3, -0.25) is 9.78 Å². The van der Waals surface area contributed by atoms with Crippen molar-refractivity contribution in [3.63, 3.8) is 0 Å². The number of nitrogens with one attached hydrogen (secondary N) is 1. The van der Waals surface area contributed by atoms with E-state index in [0.29, 0.717) is 10.2 Å². The first-order chi connectivity index (χ1) is 9.37. The summed E-state index contributed by atoms with van der Waals surface area (Å²) in [6, 6.07) is 4.26. The number of pyridine rings is 1. The van der Waals surface area contributed by atoms with Crippen LogP contribution in [-0.4, -0.2) is 21.6 Å². The van der Waals surface area contributed by atoms with Gasteiger partial charge in [-0.25, -0.2) is 0 Å². The molecular formula is C12H9BrF3N3O. The third-order valence-corrected chi connectivity index (χ3v) is 3.06. The van der Waals surface area contributed by atoms with E-state index in [-0.39, 0.29) is 5.69 Å². The molecule has 2 heterocycles. The minimum Gasteiger partial charge on any atom is -0.334 e. The third-order valence-electron chi connectivity index (χ3n) is 2.43. The smallest absolute Gasteiger partial charge is 0.334 e. The quantitative estimate of drug-likeness (QED) is 0.924. The van der Waals surface area contributed by atoms with Gasteiger partial charge in [0.25, 0.3) is 5.91 Å². The molecule has 20 heavy (non-hydrogen) atoms. The lowest BCUT2D eigenvalue weighted by atomic mass is 10.3. The maximum Gasteiger partial charge on any atom is 0.406 e. The number of rotatable bonds is 3. The van der Waals surface area contributed by atoms with Gasteiger partial charge in [0.15, 0.2) is 0 Å². The number of amides is 1. The van der Waals surface area contributed by atoms with Gasteiger partial charge < -0.3 is 9.88 Å². The van der Waals surface area contributed by atoms with E-state index in [1.807, 2.05) is 0 Å². The Morgan fingerprint density at radius 2 is 2.15 bits per heavy atom. The molecule has 0 bridgehead atoms. The van der Waals surface area contributed by atoms with Crippen LogP contribution in [0.2, 0.25) is 0 Å². The van der Waals surface area contributed by atoms with Crippen molar-refractivity contribution in [1.29, 1.82) is 0 Å². The molecule has 4 nitrogen and oxygen atoms in total. The van der Waals surface area contributed by atoms with Gasteiger partial charge in [0.05, 0.1) is 10.2 Å². The molecule has 0 aliphatic carbocycles. The number of aromatic nitrogens is 2. The van der Waals surface area contributed by atoms with Crippen molar-refractivity contribution in [2.75, 3.05) is 5.32 Å². The normalized spacial score (nSPS) is 11.4. The summed E-state index contributed by atoms with van der Waals surface area (Å²) < 4.78 is 38.6. The van der Waals surface area contributed by atoms with Crippen molar-refractivity contribution in [2.24, 2.45) is 0 Å². The Bertz CT molecular complexity index is 624. The number of hydrogen-bond acceptors (Lipinski definition) is 2. The molecule has 0 fully saturated rings. The average molecular weight is 348 g/mol. The number of halogens is 4. The van der Waals surface area contributed by atoms with Crippen LogP contribution in [0.1, 0.15) is 10.5 Å². The molecule has 2 rings (SSSR count). The zero-order chi connectivity index (χ0) is 14.8. The predicted molar refractivity (Wildman–Crippen MR) is 70.4 cm³/mol. The van der Waals surface area contributed by atoms with Crippen LogP contribution in [0.25, 0.3) is 0 Å². The lowest BCUT2D eigenvalue weighted by Gasteiger charge is -2.12. The molecule has 1 N–H and O–H groups in total. The fourth-order valence-electron chi connectivity index (χ4n) is 1.61.